The van der Waals surface area contributed by atoms with Gasteiger partial charge >= 0.3 is 0 Å². The van der Waals surface area contributed by atoms with Crippen LogP contribution >= 0.6 is 11.3 Å². The average molecular weight is 447 g/mol. The van der Waals surface area contributed by atoms with Crippen molar-refractivity contribution in [2.75, 3.05) is 38.0 Å². The molecule has 7 heteroatoms. The normalized spacial score (nSPS) is 15.8. The highest BCUT2D eigenvalue weighted by molar-refractivity contribution is 7.10. The summed E-state index contributed by atoms with van der Waals surface area (Å²) < 4.78 is 6.25. The summed E-state index contributed by atoms with van der Waals surface area (Å²) in [5, 5.41) is 5.03. The third kappa shape index (κ3) is 4.40. The summed E-state index contributed by atoms with van der Waals surface area (Å²) in [6, 6.07) is 17.6. The zero-order valence-electron chi connectivity index (χ0n) is 18.1. The van der Waals surface area contributed by atoms with E-state index in [0.717, 1.165) is 71.9 Å². The summed E-state index contributed by atoms with van der Waals surface area (Å²) in [6.45, 7) is 7.08. The largest absolute Gasteiger partial charge is 0.454 e. The molecule has 0 saturated carbocycles. The van der Waals surface area contributed by atoms with Gasteiger partial charge in [0.1, 0.15) is 17.3 Å². The van der Waals surface area contributed by atoms with Crippen LogP contribution in [-0.4, -0.2) is 54.3 Å². The molecule has 0 aliphatic carbocycles. The first-order chi connectivity index (χ1) is 15.7. The molecule has 1 fully saturated rings. The van der Waals surface area contributed by atoms with Gasteiger partial charge in [0.05, 0.1) is 12.0 Å². The van der Waals surface area contributed by atoms with Gasteiger partial charge in [-0.05, 0) is 48.3 Å². The number of likely N-dealkylation sites (N-methyl/N-ethyl adjacent to an activating group) is 1. The van der Waals surface area contributed by atoms with Crippen LogP contribution in [0.5, 0.6) is 11.5 Å². The summed E-state index contributed by atoms with van der Waals surface area (Å²) in [5.41, 5.74) is 2.47. The van der Waals surface area contributed by atoms with E-state index in [2.05, 4.69) is 22.0 Å². The van der Waals surface area contributed by atoms with E-state index in [9.17, 15) is 4.79 Å². The van der Waals surface area contributed by atoms with E-state index >= 15 is 0 Å². The van der Waals surface area contributed by atoms with E-state index < -0.39 is 0 Å². The second kappa shape index (κ2) is 9.14. The van der Waals surface area contributed by atoms with Crippen molar-refractivity contribution in [3.8, 4) is 11.5 Å². The molecule has 164 valence electrons. The number of carbonyl (C=O) groups is 1. The summed E-state index contributed by atoms with van der Waals surface area (Å²) in [6.07, 6.45) is 0.372. The number of thiophene rings is 1. The molecular formula is C25H26N4O2S. The second-order valence-electron chi connectivity index (χ2n) is 7.94. The Morgan fingerprint density at radius 1 is 1.06 bits per heavy atom. The fourth-order valence-electron chi connectivity index (χ4n) is 4.09. The van der Waals surface area contributed by atoms with Gasteiger partial charge in [-0.15, -0.1) is 11.3 Å². The fraction of sp³-hybridized carbons (Fsp3) is 0.280. The van der Waals surface area contributed by atoms with Crippen molar-refractivity contribution >= 4 is 34.5 Å². The fourth-order valence-corrected chi connectivity index (χ4v) is 4.80. The number of piperazine rings is 1. The number of ether oxygens (including phenoxy) is 1. The standard InChI is InChI=1S/C25H26N4O2S/c1-2-28-11-13-29(14-12-28)25-20-16-18(26-24(30)17-19-6-5-15-32-19)9-10-22(20)31-23-8-4-3-7-21(23)27-25/h3-10,15-16H,2,11-14,17H2,1H3,(H,26,30). The Balaban J connectivity index is 1.46. The first-order valence-electron chi connectivity index (χ1n) is 11.0. The molecule has 0 radical (unpaired) electrons. The number of amides is 1. The zero-order chi connectivity index (χ0) is 21.9. The molecule has 1 amide bonds. The van der Waals surface area contributed by atoms with Crippen molar-refractivity contribution in [2.24, 2.45) is 4.99 Å². The Labute approximate surface area is 192 Å². The van der Waals surface area contributed by atoms with Crippen LogP contribution in [0.4, 0.5) is 11.4 Å². The molecule has 6 nitrogen and oxygen atoms in total. The number of nitrogens with one attached hydrogen (secondary N) is 1. The molecule has 2 aliphatic heterocycles. The van der Waals surface area contributed by atoms with Gasteiger partial charge < -0.3 is 19.9 Å². The molecule has 32 heavy (non-hydrogen) atoms. The molecule has 5 rings (SSSR count). The molecule has 2 aliphatic rings. The summed E-state index contributed by atoms with van der Waals surface area (Å²) >= 11 is 1.59. The lowest BCUT2D eigenvalue weighted by Crippen LogP contribution is -2.48. The Bertz CT molecular complexity index is 1130. The number of rotatable bonds is 4. The molecule has 0 spiro atoms. The number of para-hydroxylation sites is 2. The number of anilines is 1. The highest BCUT2D eigenvalue weighted by atomic mass is 32.1. The number of amidine groups is 1. The third-order valence-corrected chi connectivity index (χ3v) is 6.73. The van der Waals surface area contributed by atoms with Crippen molar-refractivity contribution in [1.82, 2.24) is 9.80 Å². The number of benzene rings is 2. The van der Waals surface area contributed by atoms with Crippen LogP contribution in [0.25, 0.3) is 0 Å². The monoisotopic (exact) mass is 446 g/mol. The highest BCUT2D eigenvalue weighted by Crippen LogP contribution is 2.39. The van der Waals surface area contributed by atoms with Crippen molar-refractivity contribution in [1.29, 1.82) is 0 Å². The zero-order valence-corrected chi connectivity index (χ0v) is 18.9. The van der Waals surface area contributed by atoms with E-state index in [1.54, 1.807) is 11.3 Å². The van der Waals surface area contributed by atoms with E-state index in [1.165, 1.54) is 0 Å². The lowest BCUT2D eigenvalue weighted by atomic mass is 10.1. The summed E-state index contributed by atoms with van der Waals surface area (Å²) in [4.78, 5) is 23.4. The predicted molar refractivity (Wildman–Crippen MR) is 129 cm³/mol. The Hall–Kier alpha value is -3.16. The number of aliphatic imine (C=N–C) groups is 1. The minimum atomic E-state index is -0.0275. The summed E-state index contributed by atoms with van der Waals surface area (Å²) in [5.74, 6) is 2.36. The third-order valence-electron chi connectivity index (χ3n) is 5.85. The predicted octanol–water partition coefficient (Wildman–Crippen LogP) is 4.75. The van der Waals surface area contributed by atoms with Crippen LogP contribution in [0, 0.1) is 0 Å². The Morgan fingerprint density at radius 2 is 1.91 bits per heavy atom. The maximum absolute atomic E-state index is 12.6. The van der Waals surface area contributed by atoms with Crippen molar-refractivity contribution in [3.63, 3.8) is 0 Å². The van der Waals surface area contributed by atoms with Crippen molar-refractivity contribution in [3.05, 3.63) is 70.4 Å². The smallest absolute Gasteiger partial charge is 0.229 e. The number of nitrogens with zero attached hydrogens (tertiary/aromatic N) is 3. The SMILES string of the molecule is CCN1CCN(C2=Nc3ccccc3Oc3ccc(NC(=O)Cc4cccs4)cc32)CC1. The topological polar surface area (TPSA) is 57.2 Å². The van der Waals surface area contributed by atoms with Crippen LogP contribution < -0.4 is 10.1 Å². The van der Waals surface area contributed by atoms with E-state index in [0.29, 0.717) is 6.42 Å². The van der Waals surface area contributed by atoms with Crippen LogP contribution in [0.1, 0.15) is 17.4 Å². The summed E-state index contributed by atoms with van der Waals surface area (Å²) in [7, 11) is 0. The highest BCUT2D eigenvalue weighted by Gasteiger charge is 2.26. The molecule has 0 atom stereocenters. The second-order valence-corrected chi connectivity index (χ2v) is 8.97. The minimum Gasteiger partial charge on any atom is -0.454 e. The van der Waals surface area contributed by atoms with Crippen LogP contribution in [0.15, 0.2) is 65.0 Å². The Morgan fingerprint density at radius 3 is 2.69 bits per heavy atom. The molecule has 1 aromatic heterocycles. The van der Waals surface area contributed by atoms with Gasteiger partial charge in [0.2, 0.25) is 5.91 Å². The molecule has 1 saturated heterocycles. The van der Waals surface area contributed by atoms with Gasteiger partial charge in [-0.25, -0.2) is 4.99 Å². The van der Waals surface area contributed by atoms with Crippen molar-refractivity contribution < 1.29 is 9.53 Å². The number of fused-ring (bicyclic) bond motifs is 2. The maximum atomic E-state index is 12.6. The molecule has 0 bridgehead atoms. The van der Waals surface area contributed by atoms with E-state index in [-0.39, 0.29) is 5.91 Å². The lowest BCUT2D eigenvalue weighted by Gasteiger charge is -2.36. The first kappa shape index (κ1) is 20.7. The maximum Gasteiger partial charge on any atom is 0.229 e. The molecule has 3 heterocycles. The Kier molecular flexibility index (Phi) is 5.92. The van der Waals surface area contributed by atoms with Gasteiger partial charge in [0.15, 0.2) is 5.75 Å². The van der Waals surface area contributed by atoms with Crippen LogP contribution in [0.2, 0.25) is 0 Å². The number of hydrogen-bond donors (Lipinski definition) is 1. The van der Waals surface area contributed by atoms with Gasteiger partial charge in [-0.2, -0.15) is 0 Å². The van der Waals surface area contributed by atoms with Gasteiger partial charge in [-0.3, -0.25) is 4.79 Å². The lowest BCUT2D eigenvalue weighted by molar-refractivity contribution is -0.115. The number of hydrogen-bond acceptors (Lipinski definition) is 6. The van der Waals surface area contributed by atoms with Gasteiger partial charge in [0, 0.05) is 36.7 Å². The number of carbonyl (C=O) groups excluding carboxylic acids is 1. The molecule has 0 unspecified atom stereocenters. The molecule has 3 aromatic rings. The minimum absolute atomic E-state index is 0.0275. The van der Waals surface area contributed by atoms with Crippen molar-refractivity contribution in [2.45, 2.75) is 13.3 Å². The van der Waals surface area contributed by atoms with Crippen LogP contribution in [-0.2, 0) is 11.2 Å². The average Bonchev–Trinajstić information content (AvgIpc) is 3.26. The van der Waals surface area contributed by atoms with Crippen LogP contribution in [0.3, 0.4) is 0 Å². The van der Waals surface area contributed by atoms with Gasteiger partial charge in [-0.1, -0.05) is 25.1 Å². The first-order valence-corrected chi connectivity index (χ1v) is 11.9. The van der Waals surface area contributed by atoms with Gasteiger partial charge in [0.25, 0.3) is 0 Å². The molecule has 1 N–H and O–H groups in total. The molecular weight excluding hydrogens is 420 g/mol. The van der Waals surface area contributed by atoms with E-state index in [1.807, 2.05) is 60.0 Å². The molecule has 2 aromatic carbocycles. The van der Waals surface area contributed by atoms with E-state index in [4.69, 9.17) is 9.73 Å². The quantitative estimate of drug-likeness (QED) is 0.628.